The van der Waals surface area contributed by atoms with Crippen LogP contribution in [-0.4, -0.2) is 20.9 Å². The van der Waals surface area contributed by atoms with Crippen molar-refractivity contribution in [3.63, 3.8) is 0 Å². The van der Waals surface area contributed by atoms with Crippen molar-refractivity contribution in [3.05, 3.63) is 17.6 Å². The van der Waals surface area contributed by atoms with E-state index >= 15 is 0 Å². The molecule has 1 aliphatic rings. The molecule has 5 nitrogen and oxygen atoms in total. The summed E-state index contributed by atoms with van der Waals surface area (Å²) in [6.07, 6.45) is 4.44. The number of carbonyl (C=O) groups is 1. The molecule has 1 aliphatic carbocycles. The molecule has 1 aromatic rings. The van der Waals surface area contributed by atoms with Gasteiger partial charge in [0.25, 0.3) is 15.0 Å². The van der Waals surface area contributed by atoms with Crippen LogP contribution >= 0.6 is 10.7 Å². The number of carbonyl (C=O) groups excluding carboxylic acids is 1. The molecule has 0 atom stereocenters. The standard InChI is InChI=1S/C13H18ClNO4S/c1-3-13(5-4-6-13)8-15-12(16)10-7-11(9(2)19-10)20(14,17)18/h7H,3-6,8H2,1-2H3,(H,15,16). The average molecular weight is 320 g/mol. The van der Waals surface area contributed by atoms with Gasteiger partial charge < -0.3 is 9.73 Å². The first-order valence-electron chi connectivity index (χ1n) is 6.61. The Morgan fingerprint density at radius 1 is 1.50 bits per heavy atom. The van der Waals surface area contributed by atoms with Crippen LogP contribution in [0, 0.1) is 12.3 Å². The summed E-state index contributed by atoms with van der Waals surface area (Å²) < 4.78 is 27.7. The Balaban J connectivity index is 2.07. The molecule has 0 radical (unpaired) electrons. The highest BCUT2D eigenvalue weighted by molar-refractivity contribution is 8.13. The molecule has 2 rings (SSSR count). The molecular weight excluding hydrogens is 302 g/mol. The summed E-state index contributed by atoms with van der Waals surface area (Å²) in [5.74, 6) is -0.300. The van der Waals surface area contributed by atoms with Gasteiger partial charge in [-0.3, -0.25) is 4.79 Å². The third-order valence-electron chi connectivity index (χ3n) is 4.15. The number of aryl methyl sites for hydroxylation is 1. The number of halogens is 1. The van der Waals surface area contributed by atoms with Gasteiger partial charge in [0.15, 0.2) is 5.76 Å². The van der Waals surface area contributed by atoms with E-state index in [2.05, 4.69) is 12.2 Å². The van der Waals surface area contributed by atoms with Gasteiger partial charge in [-0.2, -0.15) is 0 Å². The predicted molar refractivity (Wildman–Crippen MR) is 75.4 cm³/mol. The summed E-state index contributed by atoms with van der Waals surface area (Å²) in [6.45, 7) is 4.16. The van der Waals surface area contributed by atoms with Gasteiger partial charge in [0.2, 0.25) is 0 Å². The van der Waals surface area contributed by atoms with Crippen molar-refractivity contribution in [1.29, 1.82) is 0 Å². The van der Waals surface area contributed by atoms with E-state index in [4.69, 9.17) is 15.1 Å². The summed E-state index contributed by atoms with van der Waals surface area (Å²) in [5.41, 5.74) is 0.193. The molecule has 0 aromatic carbocycles. The van der Waals surface area contributed by atoms with Crippen molar-refractivity contribution in [2.45, 2.75) is 44.4 Å². The summed E-state index contributed by atoms with van der Waals surface area (Å²) in [4.78, 5) is 11.8. The third kappa shape index (κ3) is 3.01. The molecule has 1 N–H and O–H groups in total. The van der Waals surface area contributed by atoms with Crippen LogP contribution < -0.4 is 5.32 Å². The van der Waals surface area contributed by atoms with Crippen molar-refractivity contribution >= 4 is 25.6 Å². The molecular formula is C13H18ClNO4S. The first kappa shape index (κ1) is 15.4. The zero-order chi connectivity index (χ0) is 15.0. The van der Waals surface area contributed by atoms with E-state index in [0.717, 1.165) is 19.3 Å². The monoisotopic (exact) mass is 319 g/mol. The third-order valence-corrected chi connectivity index (χ3v) is 5.58. The maximum atomic E-state index is 12.0. The summed E-state index contributed by atoms with van der Waals surface area (Å²) >= 11 is 0. The lowest BCUT2D eigenvalue weighted by atomic mass is 9.67. The summed E-state index contributed by atoms with van der Waals surface area (Å²) in [5, 5.41) is 2.81. The maximum Gasteiger partial charge on any atom is 0.287 e. The molecule has 0 unspecified atom stereocenters. The minimum absolute atomic E-state index is 0.0210. The molecule has 0 saturated heterocycles. The second kappa shape index (κ2) is 5.41. The van der Waals surface area contributed by atoms with Crippen LogP contribution in [0.5, 0.6) is 0 Å². The van der Waals surface area contributed by atoms with E-state index in [0.29, 0.717) is 6.54 Å². The van der Waals surface area contributed by atoms with Crippen molar-refractivity contribution in [2.24, 2.45) is 5.41 Å². The van der Waals surface area contributed by atoms with E-state index in [9.17, 15) is 13.2 Å². The molecule has 112 valence electrons. The van der Waals surface area contributed by atoms with E-state index in [-0.39, 0.29) is 21.8 Å². The van der Waals surface area contributed by atoms with Crippen LogP contribution in [0.1, 0.15) is 48.9 Å². The molecule has 1 aromatic heterocycles. The number of furan rings is 1. The molecule has 7 heteroatoms. The number of hydrogen-bond donors (Lipinski definition) is 1. The first-order chi connectivity index (χ1) is 9.27. The van der Waals surface area contributed by atoms with Crippen molar-refractivity contribution < 1.29 is 17.6 Å². The lowest BCUT2D eigenvalue weighted by molar-refractivity contribution is 0.0824. The lowest BCUT2D eigenvalue weighted by Crippen LogP contribution is -2.41. The van der Waals surface area contributed by atoms with Gasteiger partial charge in [-0.05, 0) is 31.6 Å². The second-order valence-electron chi connectivity index (χ2n) is 5.36. The van der Waals surface area contributed by atoms with Crippen LogP contribution in [0.25, 0.3) is 0 Å². The summed E-state index contributed by atoms with van der Waals surface area (Å²) in [6, 6.07) is 1.17. The quantitative estimate of drug-likeness (QED) is 0.847. The highest BCUT2D eigenvalue weighted by atomic mass is 35.7. The molecule has 1 fully saturated rings. The van der Waals surface area contributed by atoms with Crippen LogP contribution in [0.2, 0.25) is 0 Å². The maximum absolute atomic E-state index is 12.0. The smallest absolute Gasteiger partial charge is 0.287 e. The zero-order valence-electron chi connectivity index (χ0n) is 11.5. The Hall–Kier alpha value is -1.01. The van der Waals surface area contributed by atoms with E-state index in [1.54, 1.807) is 0 Å². The fraction of sp³-hybridized carbons (Fsp3) is 0.615. The SMILES string of the molecule is CCC1(CNC(=O)c2cc(S(=O)(=O)Cl)c(C)o2)CCC1. The fourth-order valence-corrected chi connectivity index (χ4v) is 3.60. The number of rotatable bonds is 5. The lowest BCUT2D eigenvalue weighted by Gasteiger charge is -2.41. The van der Waals surface area contributed by atoms with E-state index in [1.165, 1.54) is 19.4 Å². The fourth-order valence-electron chi connectivity index (χ4n) is 2.51. The Bertz CT molecular complexity index is 611. The van der Waals surface area contributed by atoms with Crippen LogP contribution in [0.15, 0.2) is 15.4 Å². The Kier molecular flexibility index (Phi) is 4.16. The Morgan fingerprint density at radius 2 is 2.15 bits per heavy atom. The zero-order valence-corrected chi connectivity index (χ0v) is 13.1. The van der Waals surface area contributed by atoms with Crippen molar-refractivity contribution in [3.8, 4) is 0 Å². The topological polar surface area (TPSA) is 76.4 Å². The predicted octanol–water partition coefficient (Wildman–Crippen LogP) is 2.83. The molecule has 0 aliphatic heterocycles. The molecule has 1 heterocycles. The largest absolute Gasteiger partial charge is 0.455 e. The Labute approximate surface area is 123 Å². The van der Waals surface area contributed by atoms with Gasteiger partial charge in [-0.15, -0.1) is 0 Å². The van der Waals surface area contributed by atoms with E-state index < -0.39 is 15.0 Å². The van der Waals surface area contributed by atoms with Gasteiger partial charge in [-0.25, -0.2) is 8.42 Å². The van der Waals surface area contributed by atoms with Gasteiger partial charge in [0.05, 0.1) is 0 Å². The molecule has 20 heavy (non-hydrogen) atoms. The first-order valence-corrected chi connectivity index (χ1v) is 8.92. The van der Waals surface area contributed by atoms with Crippen molar-refractivity contribution in [1.82, 2.24) is 5.32 Å². The van der Waals surface area contributed by atoms with Gasteiger partial charge in [-0.1, -0.05) is 13.3 Å². The highest BCUT2D eigenvalue weighted by Gasteiger charge is 2.35. The minimum atomic E-state index is -3.89. The summed E-state index contributed by atoms with van der Waals surface area (Å²) in [7, 11) is 1.38. The van der Waals surface area contributed by atoms with Gasteiger partial charge in [0.1, 0.15) is 10.7 Å². The second-order valence-corrected chi connectivity index (χ2v) is 7.89. The number of amides is 1. The molecule has 0 bridgehead atoms. The van der Waals surface area contributed by atoms with E-state index in [1.807, 2.05) is 0 Å². The molecule has 1 amide bonds. The minimum Gasteiger partial charge on any atom is -0.455 e. The number of hydrogen-bond acceptors (Lipinski definition) is 4. The molecule has 0 spiro atoms. The van der Waals surface area contributed by atoms with Gasteiger partial charge in [0, 0.05) is 23.3 Å². The van der Waals surface area contributed by atoms with Gasteiger partial charge >= 0.3 is 0 Å². The Morgan fingerprint density at radius 3 is 2.55 bits per heavy atom. The molecule has 1 saturated carbocycles. The average Bonchev–Trinajstić information content (AvgIpc) is 2.70. The van der Waals surface area contributed by atoms with Crippen LogP contribution in [-0.2, 0) is 9.05 Å². The van der Waals surface area contributed by atoms with Crippen LogP contribution in [0.3, 0.4) is 0 Å². The number of nitrogens with one attached hydrogen (secondary N) is 1. The highest BCUT2D eigenvalue weighted by Crippen LogP contribution is 2.43. The van der Waals surface area contributed by atoms with Crippen molar-refractivity contribution in [2.75, 3.05) is 6.54 Å². The normalized spacial score (nSPS) is 17.6. The van der Waals surface area contributed by atoms with Crippen LogP contribution in [0.4, 0.5) is 0 Å².